The van der Waals surface area contributed by atoms with Crippen molar-refractivity contribution >= 4 is 0 Å². The van der Waals surface area contributed by atoms with Crippen molar-refractivity contribution in [1.29, 1.82) is 0 Å². The molecule has 0 amide bonds. The van der Waals surface area contributed by atoms with Crippen LogP contribution in [0.25, 0.3) is 16.9 Å². The molecular weight excluding hydrogens is 256 g/mol. The number of para-hydroxylation sites is 1. The lowest BCUT2D eigenvalue weighted by Gasteiger charge is -2.04. The zero-order valence-corrected chi connectivity index (χ0v) is 13.1. The molecule has 0 aliphatic carbocycles. The van der Waals surface area contributed by atoms with E-state index in [9.17, 15) is 0 Å². The van der Waals surface area contributed by atoms with Crippen LogP contribution < -0.4 is 4.57 Å². The molecule has 2 aromatic carbocycles. The normalized spacial score (nSPS) is 10.9. The summed E-state index contributed by atoms with van der Waals surface area (Å²) in [6.45, 7) is 6.53. The van der Waals surface area contributed by atoms with Crippen molar-refractivity contribution < 1.29 is 4.57 Å². The van der Waals surface area contributed by atoms with E-state index >= 15 is 0 Å². The van der Waals surface area contributed by atoms with E-state index in [-0.39, 0.29) is 0 Å². The van der Waals surface area contributed by atoms with Crippen molar-refractivity contribution in [2.45, 2.75) is 20.8 Å². The van der Waals surface area contributed by atoms with Gasteiger partial charge in [0.2, 0.25) is 0 Å². The predicted molar refractivity (Wildman–Crippen MR) is 86.6 cm³/mol. The molecule has 2 heteroatoms. The Bertz CT molecular complexity index is 783. The monoisotopic (exact) mass is 277 g/mol. The molecule has 3 aromatic rings. The lowest BCUT2D eigenvalue weighted by molar-refractivity contribution is -0.666. The molecule has 0 radical (unpaired) electrons. The van der Waals surface area contributed by atoms with Crippen molar-refractivity contribution in [2.75, 3.05) is 0 Å². The van der Waals surface area contributed by atoms with Crippen LogP contribution in [0.3, 0.4) is 0 Å². The molecule has 3 rings (SSSR count). The number of aromatic nitrogens is 2. The second-order valence-corrected chi connectivity index (χ2v) is 5.53. The van der Waals surface area contributed by atoms with Crippen LogP contribution in [0, 0.1) is 20.8 Å². The topological polar surface area (TPSA) is 8.81 Å². The van der Waals surface area contributed by atoms with E-state index in [2.05, 4.69) is 91.6 Å². The van der Waals surface area contributed by atoms with E-state index in [1.54, 1.807) is 0 Å². The molecule has 0 aliphatic rings. The Kier molecular flexibility index (Phi) is 3.38. The summed E-state index contributed by atoms with van der Waals surface area (Å²) in [5, 5.41) is 0. The third-order valence-electron chi connectivity index (χ3n) is 4.23. The van der Waals surface area contributed by atoms with E-state index in [0.717, 1.165) is 0 Å². The second-order valence-electron chi connectivity index (χ2n) is 5.53. The van der Waals surface area contributed by atoms with E-state index in [1.165, 1.54) is 34.0 Å². The Morgan fingerprint density at radius 3 is 2.10 bits per heavy atom. The molecule has 0 saturated carbocycles. The number of hydrogen-bond donors (Lipinski definition) is 0. The minimum atomic E-state index is 1.24. The van der Waals surface area contributed by atoms with Crippen LogP contribution in [0.4, 0.5) is 0 Å². The highest BCUT2D eigenvalue weighted by Gasteiger charge is 2.25. The summed E-state index contributed by atoms with van der Waals surface area (Å²) in [6.07, 6.45) is 0. The van der Waals surface area contributed by atoms with Gasteiger partial charge >= 0.3 is 0 Å². The van der Waals surface area contributed by atoms with Gasteiger partial charge in [-0.15, -0.1) is 0 Å². The average molecular weight is 277 g/mol. The van der Waals surface area contributed by atoms with E-state index in [4.69, 9.17) is 0 Å². The SMILES string of the molecule is Cc1ccccc1-n1c(C)c(-c2ccccc2)[n+](C)c1C. The fraction of sp³-hybridized carbons (Fsp3) is 0.211. The Balaban J connectivity index is 2.28. The van der Waals surface area contributed by atoms with Gasteiger partial charge in [0.1, 0.15) is 5.69 Å². The van der Waals surface area contributed by atoms with Crippen LogP contribution in [-0.2, 0) is 7.05 Å². The first-order valence-electron chi connectivity index (χ1n) is 7.30. The van der Waals surface area contributed by atoms with Gasteiger partial charge in [0.05, 0.1) is 7.05 Å². The summed E-state index contributed by atoms with van der Waals surface area (Å²) >= 11 is 0. The van der Waals surface area contributed by atoms with Gasteiger partial charge < -0.3 is 0 Å². The first-order chi connectivity index (χ1) is 10.1. The van der Waals surface area contributed by atoms with Gasteiger partial charge in [0.25, 0.3) is 5.82 Å². The maximum Gasteiger partial charge on any atom is 0.258 e. The number of nitrogens with zero attached hydrogens (tertiary/aromatic N) is 2. The summed E-state index contributed by atoms with van der Waals surface area (Å²) in [5.74, 6) is 1.24. The molecule has 1 aromatic heterocycles. The molecule has 0 fully saturated rings. The summed E-state index contributed by atoms with van der Waals surface area (Å²) in [6, 6.07) is 19.1. The molecule has 0 aliphatic heterocycles. The largest absolute Gasteiger partial charge is 0.258 e. The summed E-state index contributed by atoms with van der Waals surface area (Å²) in [7, 11) is 2.14. The van der Waals surface area contributed by atoms with Gasteiger partial charge in [-0.3, -0.25) is 0 Å². The van der Waals surface area contributed by atoms with Gasteiger partial charge in [-0.05, 0) is 18.6 Å². The van der Waals surface area contributed by atoms with Crippen LogP contribution in [-0.4, -0.2) is 4.57 Å². The molecule has 21 heavy (non-hydrogen) atoms. The molecule has 0 atom stereocenters. The molecule has 0 spiro atoms. The number of imidazole rings is 1. The number of benzene rings is 2. The molecule has 2 nitrogen and oxygen atoms in total. The third-order valence-corrected chi connectivity index (χ3v) is 4.23. The molecule has 0 bridgehead atoms. The number of hydrogen-bond acceptors (Lipinski definition) is 0. The highest BCUT2D eigenvalue weighted by Crippen LogP contribution is 2.25. The molecular formula is C19H21N2+. The summed E-state index contributed by atoms with van der Waals surface area (Å²) < 4.78 is 4.62. The fourth-order valence-corrected chi connectivity index (χ4v) is 3.07. The molecule has 106 valence electrons. The first-order valence-corrected chi connectivity index (χ1v) is 7.30. The quantitative estimate of drug-likeness (QED) is 0.628. The highest BCUT2D eigenvalue weighted by molar-refractivity contribution is 5.60. The highest BCUT2D eigenvalue weighted by atomic mass is 15.2. The maximum atomic E-state index is 2.34. The summed E-state index contributed by atoms with van der Waals surface area (Å²) in [4.78, 5) is 0. The zero-order chi connectivity index (χ0) is 15.0. The molecule has 1 heterocycles. The van der Waals surface area contributed by atoms with Crippen molar-refractivity contribution in [2.24, 2.45) is 7.05 Å². The van der Waals surface area contributed by atoms with Crippen molar-refractivity contribution in [1.82, 2.24) is 4.57 Å². The lowest BCUT2D eigenvalue weighted by atomic mass is 10.1. The van der Waals surface area contributed by atoms with Gasteiger partial charge in [0, 0.05) is 19.4 Å². The molecule has 0 unspecified atom stereocenters. The van der Waals surface area contributed by atoms with E-state index in [0.29, 0.717) is 0 Å². The van der Waals surface area contributed by atoms with E-state index in [1.807, 2.05) is 0 Å². The smallest absolute Gasteiger partial charge is 0.230 e. The van der Waals surface area contributed by atoms with Crippen molar-refractivity contribution in [3.63, 3.8) is 0 Å². The fourth-order valence-electron chi connectivity index (χ4n) is 3.07. The number of rotatable bonds is 2. The predicted octanol–water partition coefficient (Wildman–Crippen LogP) is 3.89. The van der Waals surface area contributed by atoms with Gasteiger partial charge in [-0.1, -0.05) is 48.5 Å². The number of aryl methyl sites for hydroxylation is 1. The third kappa shape index (κ3) is 2.17. The lowest BCUT2D eigenvalue weighted by Crippen LogP contribution is -2.32. The Morgan fingerprint density at radius 1 is 0.810 bits per heavy atom. The van der Waals surface area contributed by atoms with Gasteiger partial charge in [0.15, 0.2) is 11.4 Å². The standard InChI is InChI=1S/C19H21N2/c1-14-10-8-9-13-18(14)21-15(2)19(20(4)16(21)3)17-11-6-5-7-12-17/h5-13H,1-4H3/q+1. The van der Waals surface area contributed by atoms with Crippen molar-refractivity contribution in [3.05, 3.63) is 71.7 Å². The minimum absolute atomic E-state index is 1.24. The maximum absolute atomic E-state index is 2.34. The van der Waals surface area contributed by atoms with Crippen LogP contribution in [0.5, 0.6) is 0 Å². The van der Waals surface area contributed by atoms with Gasteiger partial charge in [-0.2, -0.15) is 4.57 Å². The van der Waals surface area contributed by atoms with Gasteiger partial charge in [-0.25, -0.2) is 4.57 Å². The summed E-state index contributed by atoms with van der Waals surface area (Å²) in [5.41, 5.74) is 6.35. The molecule has 0 saturated heterocycles. The van der Waals surface area contributed by atoms with Crippen LogP contribution in [0.15, 0.2) is 54.6 Å². The van der Waals surface area contributed by atoms with E-state index < -0.39 is 0 Å². The first kappa shape index (κ1) is 13.6. The van der Waals surface area contributed by atoms with Crippen LogP contribution >= 0.6 is 0 Å². The van der Waals surface area contributed by atoms with Crippen LogP contribution in [0.1, 0.15) is 17.1 Å². The van der Waals surface area contributed by atoms with Crippen LogP contribution in [0.2, 0.25) is 0 Å². The Hall–Kier alpha value is -2.35. The Labute approximate surface area is 126 Å². The average Bonchev–Trinajstić information content (AvgIpc) is 2.71. The second kappa shape index (κ2) is 5.21. The molecule has 0 N–H and O–H groups in total. The minimum Gasteiger partial charge on any atom is -0.230 e. The zero-order valence-electron chi connectivity index (χ0n) is 13.1. The van der Waals surface area contributed by atoms with Crippen molar-refractivity contribution in [3.8, 4) is 16.9 Å². The Morgan fingerprint density at radius 2 is 1.43 bits per heavy atom.